The minimum absolute atomic E-state index is 0.813. The van der Waals surface area contributed by atoms with Crippen LogP contribution in [0.15, 0.2) is 25.7 Å². The number of fused-ring (bicyclic) bond motifs is 12. The molecule has 2 heteroatoms. The standard InChI is InChI=1S/C21H30O2/c1-3-22-10-12-5-6-15-17-9-18(19(12)15)20-13-7-14(11-23-4-2)16(8-13)21(17)20/h3-4,12-21H,1-2,5-11H2. The van der Waals surface area contributed by atoms with E-state index in [4.69, 9.17) is 9.47 Å². The van der Waals surface area contributed by atoms with Crippen LogP contribution in [0.25, 0.3) is 0 Å². The molecule has 4 bridgehead atoms. The van der Waals surface area contributed by atoms with Gasteiger partial charge in [-0.1, -0.05) is 13.2 Å². The van der Waals surface area contributed by atoms with Crippen molar-refractivity contribution in [2.75, 3.05) is 13.2 Å². The van der Waals surface area contributed by atoms with Crippen LogP contribution in [-0.2, 0) is 9.47 Å². The minimum Gasteiger partial charge on any atom is -0.502 e. The van der Waals surface area contributed by atoms with Gasteiger partial charge in [-0.05, 0) is 91.3 Å². The second-order valence-corrected chi connectivity index (χ2v) is 8.95. The summed E-state index contributed by atoms with van der Waals surface area (Å²) in [6.07, 6.45) is 10.6. The molecule has 0 amide bonds. The quantitative estimate of drug-likeness (QED) is 0.531. The van der Waals surface area contributed by atoms with Crippen molar-refractivity contribution in [1.29, 1.82) is 0 Å². The maximum absolute atomic E-state index is 5.61. The van der Waals surface area contributed by atoms with Gasteiger partial charge in [0.05, 0.1) is 25.7 Å². The fourth-order valence-electron chi connectivity index (χ4n) is 8.40. The van der Waals surface area contributed by atoms with Gasteiger partial charge in [0, 0.05) is 0 Å². The van der Waals surface area contributed by atoms with E-state index in [1.54, 1.807) is 12.5 Å². The second kappa shape index (κ2) is 5.29. The molecule has 5 rings (SSSR count). The maximum atomic E-state index is 5.61. The summed E-state index contributed by atoms with van der Waals surface area (Å²) in [4.78, 5) is 0. The van der Waals surface area contributed by atoms with Crippen LogP contribution >= 0.6 is 0 Å². The van der Waals surface area contributed by atoms with Gasteiger partial charge >= 0.3 is 0 Å². The summed E-state index contributed by atoms with van der Waals surface area (Å²) >= 11 is 0. The van der Waals surface area contributed by atoms with Crippen LogP contribution in [0.2, 0.25) is 0 Å². The van der Waals surface area contributed by atoms with Gasteiger partial charge < -0.3 is 9.47 Å². The Bertz CT molecular complexity index is 500. The largest absolute Gasteiger partial charge is 0.502 e. The summed E-state index contributed by atoms with van der Waals surface area (Å²) in [5.41, 5.74) is 0. The van der Waals surface area contributed by atoms with Gasteiger partial charge in [0.15, 0.2) is 0 Å². The maximum Gasteiger partial charge on any atom is 0.0903 e. The number of hydrogen-bond acceptors (Lipinski definition) is 2. The van der Waals surface area contributed by atoms with Crippen LogP contribution in [0.3, 0.4) is 0 Å². The predicted octanol–water partition coefficient (Wildman–Crippen LogP) is 4.49. The van der Waals surface area contributed by atoms with Crippen molar-refractivity contribution in [3.8, 4) is 0 Å². The topological polar surface area (TPSA) is 18.5 Å². The Morgan fingerprint density at radius 3 is 2.26 bits per heavy atom. The molecular weight excluding hydrogens is 284 g/mol. The zero-order valence-electron chi connectivity index (χ0n) is 14.1. The molecule has 5 saturated carbocycles. The first-order valence-corrected chi connectivity index (χ1v) is 9.78. The Morgan fingerprint density at radius 1 is 0.696 bits per heavy atom. The van der Waals surface area contributed by atoms with Crippen molar-refractivity contribution in [3.05, 3.63) is 25.7 Å². The average molecular weight is 314 g/mol. The van der Waals surface area contributed by atoms with Crippen LogP contribution in [0.1, 0.15) is 32.1 Å². The Balaban J connectivity index is 1.34. The molecule has 5 aliphatic carbocycles. The molecule has 5 aliphatic rings. The second-order valence-electron chi connectivity index (χ2n) is 8.95. The van der Waals surface area contributed by atoms with Gasteiger partial charge in [-0.3, -0.25) is 0 Å². The highest BCUT2D eigenvalue weighted by atomic mass is 16.5. The number of hydrogen-bond donors (Lipinski definition) is 0. The molecule has 0 aromatic rings. The molecule has 2 nitrogen and oxygen atoms in total. The van der Waals surface area contributed by atoms with E-state index >= 15 is 0 Å². The third-order valence-corrected chi connectivity index (χ3v) is 8.61. The van der Waals surface area contributed by atoms with Crippen LogP contribution < -0.4 is 0 Å². The van der Waals surface area contributed by atoms with E-state index in [1.165, 1.54) is 32.1 Å². The van der Waals surface area contributed by atoms with Crippen LogP contribution in [0.4, 0.5) is 0 Å². The monoisotopic (exact) mass is 314 g/mol. The zero-order valence-corrected chi connectivity index (χ0v) is 14.1. The lowest BCUT2D eigenvalue weighted by atomic mass is 9.61. The fourth-order valence-corrected chi connectivity index (χ4v) is 8.40. The highest BCUT2D eigenvalue weighted by Gasteiger charge is 2.69. The first-order valence-electron chi connectivity index (χ1n) is 9.78. The predicted molar refractivity (Wildman–Crippen MR) is 90.3 cm³/mol. The molecule has 126 valence electrons. The summed E-state index contributed by atoms with van der Waals surface area (Å²) in [6, 6.07) is 0. The Morgan fingerprint density at radius 2 is 1.48 bits per heavy atom. The van der Waals surface area contributed by atoms with Crippen molar-refractivity contribution in [2.24, 2.45) is 59.2 Å². The van der Waals surface area contributed by atoms with Crippen LogP contribution in [0.5, 0.6) is 0 Å². The fraction of sp³-hybridized carbons (Fsp3) is 0.810. The lowest BCUT2D eigenvalue weighted by Gasteiger charge is -2.44. The van der Waals surface area contributed by atoms with Gasteiger partial charge in [-0.15, -0.1) is 0 Å². The van der Waals surface area contributed by atoms with Crippen molar-refractivity contribution in [2.45, 2.75) is 32.1 Å². The Hall–Kier alpha value is -0.920. The van der Waals surface area contributed by atoms with Crippen molar-refractivity contribution < 1.29 is 9.47 Å². The van der Waals surface area contributed by atoms with Gasteiger partial charge in [0.2, 0.25) is 0 Å². The highest BCUT2D eigenvalue weighted by Crippen LogP contribution is 2.74. The van der Waals surface area contributed by atoms with Gasteiger partial charge in [0.1, 0.15) is 0 Å². The van der Waals surface area contributed by atoms with E-state index in [-0.39, 0.29) is 0 Å². The van der Waals surface area contributed by atoms with E-state index in [0.29, 0.717) is 0 Å². The average Bonchev–Trinajstić information content (AvgIpc) is 3.32. The molecule has 10 unspecified atom stereocenters. The zero-order chi connectivity index (χ0) is 15.6. The molecule has 0 aromatic carbocycles. The van der Waals surface area contributed by atoms with E-state index in [2.05, 4.69) is 13.2 Å². The SMILES string of the molecule is C=COCC1CC2CC1C1C3CC(C4C(COC=C)CCC34)C21. The van der Waals surface area contributed by atoms with Gasteiger partial charge in [-0.25, -0.2) is 0 Å². The summed E-state index contributed by atoms with van der Waals surface area (Å²) in [6.45, 7) is 9.31. The first-order chi connectivity index (χ1) is 11.3. The summed E-state index contributed by atoms with van der Waals surface area (Å²) in [5, 5.41) is 0. The normalized spacial score (nSPS) is 54.8. The van der Waals surface area contributed by atoms with Gasteiger partial charge in [-0.2, -0.15) is 0 Å². The Labute approximate surface area is 140 Å². The van der Waals surface area contributed by atoms with Crippen LogP contribution in [0, 0.1) is 59.2 Å². The smallest absolute Gasteiger partial charge is 0.0903 e. The molecule has 0 N–H and O–H groups in total. The van der Waals surface area contributed by atoms with Crippen molar-refractivity contribution in [1.82, 2.24) is 0 Å². The van der Waals surface area contributed by atoms with Gasteiger partial charge in [0.25, 0.3) is 0 Å². The minimum atomic E-state index is 0.813. The lowest BCUT2D eigenvalue weighted by molar-refractivity contribution is 0.00966. The molecule has 10 atom stereocenters. The summed E-state index contributed by atoms with van der Waals surface area (Å²) in [7, 11) is 0. The first kappa shape index (κ1) is 14.4. The van der Waals surface area contributed by atoms with E-state index in [9.17, 15) is 0 Å². The molecule has 0 aliphatic heterocycles. The summed E-state index contributed by atoms with van der Waals surface area (Å²) in [5.74, 6) is 9.73. The van der Waals surface area contributed by atoms with E-state index < -0.39 is 0 Å². The molecule has 5 fully saturated rings. The molecule has 23 heavy (non-hydrogen) atoms. The number of ether oxygens (including phenoxy) is 2. The molecule has 0 spiro atoms. The third-order valence-electron chi connectivity index (χ3n) is 8.61. The lowest BCUT2D eigenvalue weighted by Crippen LogP contribution is -2.41. The van der Waals surface area contributed by atoms with Crippen molar-refractivity contribution >= 4 is 0 Å². The molecule has 0 radical (unpaired) electrons. The Kier molecular flexibility index (Phi) is 3.32. The highest BCUT2D eigenvalue weighted by molar-refractivity contribution is 5.17. The molecule has 0 heterocycles. The third kappa shape index (κ3) is 1.87. The molecule has 0 aromatic heterocycles. The van der Waals surface area contributed by atoms with E-state index in [0.717, 1.165) is 72.4 Å². The number of rotatable bonds is 6. The van der Waals surface area contributed by atoms with Crippen LogP contribution in [-0.4, -0.2) is 13.2 Å². The van der Waals surface area contributed by atoms with E-state index in [1.807, 2.05) is 0 Å². The van der Waals surface area contributed by atoms with Crippen molar-refractivity contribution in [3.63, 3.8) is 0 Å². The molecule has 0 saturated heterocycles. The summed E-state index contributed by atoms with van der Waals surface area (Å²) < 4.78 is 11.2. The molecular formula is C21H30O2.